The monoisotopic (exact) mass is 260 g/mol. The minimum Gasteiger partial charge on any atom is -0.382 e. The second-order valence-corrected chi connectivity index (χ2v) is 6.60. The molecule has 0 aromatic heterocycles. The van der Waals surface area contributed by atoms with Crippen molar-refractivity contribution in [3.63, 3.8) is 0 Å². The molecule has 0 bridgehead atoms. The summed E-state index contributed by atoms with van der Waals surface area (Å²) in [7, 11) is 0. The molecule has 1 aliphatic rings. The lowest BCUT2D eigenvalue weighted by molar-refractivity contribution is 0.0935. The molecule has 2 rings (SSSR count). The van der Waals surface area contributed by atoms with E-state index in [1.54, 1.807) is 0 Å². The van der Waals surface area contributed by atoms with Crippen molar-refractivity contribution in [2.75, 3.05) is 5.32 Å². The van der Waals surface area contributed by atoms with Gasteiger partial charge < -0.3 is 10.6 Å². The summed E-state index contributed by atoms with van der Waals surface area (Å²) in [5.74, 6) is 0.164. The molecule has 0 radical (unpaired) electrons. The molecule has 1 heterocycles. The highest BCUT2D eigenvalue weighted by molar-refractivity contribution is 6.00. The molecule has 19 heavy (non-hydrogen) atoms. The Bertz CT molecular complexity index is 488. The number of hydrogen-bond donors (Lipinski definition) is 2. The van der Waals surface area contributed by atoms with Crippen molar-refractivity contribution in [2.45, 2.75) is 58.7 Å². The van der Waals surface area contributed by atoms with Crippen molar-refractivity contribution in [1.29, 1.82) is 0 Å². The maximum absolute atomic E-state index is 12.4. The standard InChI is InChI=1S/C16H24N2O/c1-10-8-13-9-12(6-7-14(13)17-10)15(19)11(2)18-16(3,4)5/h6-7,9-11,17-18H,8H2,1-5H3. The van der Waals surface area contributed by atoms with Crippen molar-refractivity contribution in [1.82, 2.24) is 5.32 Å². The summed E-state index contributed by atoms with van der Waals surface area (Å²) in [6.45, 7) is 10.3. The second-order valence-electron chi connectivity index (χ2n) is 6.60. The molecule has 0 saturated heterocycles. The quantitative estimate of drug-likeness (QED) is 0.821. The van der Waals surface area contributed by atoms with E-state index in [4.69, 9.17) is 0 Å². The van der Waals surface area contributed by atoms with E-state index < -0.39 is 0 Å². The van der Waals surface area contributed by atoms with Gasteiger partial charge in [-0.25, -0.2) is 0 Å². The average Bonchev–Trinajstić information content (AvgIpc) is 2.64. The number of carbonyl (C=O) groups is 1. The number of anilines is 1. The summed E-state index contributed by atoms with van der Waals surface area (Å²) >= 11 is 0. The summed E-state index contributed by atoms with van der Waals surface area (Å²) in [5.41, 5.74) is 3.17. The molecule has 104 valence electrons. The van der Waals surface area contributed by atoms with Crippen molar-refractivity contribution >= 4 is 11.5 Å². The Morgan fingerprint density at radius 2 is 2.11 bits per heavy atom. The zero-order chi connectivity index (χ0) is 14.2. The number of rotatable bonds is 3. The van der Waals surface area contributed by atoms with Gasteiger partial charge in [-0.2, -0.15) is 0 Å². The summed E-state index contributed by atoms with van der Waals surface area (Å²) < 4.78 is 0. The normalized spacial score (nSPS) is 19.7. The topological polar surface area (TPSA) is 41.1 Å². The molecule has 0 saturated carbocycles. The van der Waals surface area contributed by atoms with Crippen molar-refractivity contribution in [3.05, 3.63) is 29.3 Å². The van der Waals surface area contributed by atoms with Gasteiger partial charge in [0.25, 0.3) is 0 Å². The lowest BCUT2D eigenvalue weighted by atomic mass is 9.99. The summed E-state index contributed by atoms with van der Waals surface area (Å²) in [5, 5.41) is 6.73. The van der Waals surface area contributed by atoms with Crippen LogP contribution >= 0.6 is 0 Å². The first-order valence-electron chi connectivity index (χ1n) is 6.97. The van der Waals surface area contributed by atoms with Crippen LogP contribution in [0, 0.1) is 0 Å². The summed E-state index contributed by atoms with van der Waals surface area (Å²) in [6.07, 6.45) is 0.998. The van der Waals surface area contributed by atoms with Gasteiger partial charge in [0.2, 0.25) is 0 Å². The van der Waals surface area contributed by atoms with Crippen molar-refractivity contribution in [3.8, 4) is 0 Å². The van der Waals surface area contributed by atoms with E-state index in [9.17, 15) is 4.79 Å². The van der Waals surface area contributed by atoms with Gasteiger partial charge >= 0.3 is 0 Å². The Kier molecular flexibility index (Phi) is 3.68. The second kappa shape index (κ2) is 4.97. The van der Waals surface area contributed by atoms with Gasteiger partial charge in [0.05, 0.1) is 6.04 Å². The number of Topliss-reactive ketones (excluding diaryl/α,β-unsaturated/α-hetero) is 1. The predicted molar refractivity (Wildman–Crippen MR) is 79.9 cm³/mol. The van der Waals surface area contributed by atoms with Crippen LogP contribution in [-0.2, 0) is 6.42 Å². The highest BCUT2D eigenvalue weighted by Crippen LogP contribution is 2.27. The minimum absolute atomic E-state index is 0.0537. The molecule has 2 atom stereocenters. The van der Waals surface area contributed by atoms with Crippen LogP contribution in [0.2, 0.25) is 0 Å². The van der Waals surface area contributed by atoms with Gasteiger partial charge in [-0.1, -0.05) is 0 Å². The van der Waals surface area contributed by atoms with Gasteiger partial charge in [0, 0.05) is 22.8 Å². The average molecular weight is 260 g/mol. The maximum atomic E-state index is 12.4. The molecule has 0 fully saturated rings. The zero-order valence-electron chi connectivity index (χ0n) is 12.5. The first-order chi connectivity index (χ1) is 8.76. The van der Waals surface area contributed by atoms with Gasteiger partial charge in [0.15, 0.2) is 5.78 Å². The zero-order valence-corrected chi connectivity index (χ0v) is 12.5. The molecule has 3 heteroatoms. The molecule has 0 spiro atoms. The summed E-state index contributed by atoms with van der Waals surface area (Å²) in [6, 6.07) is 6.29. The molecule has 1 aliphatic heterocycles. The van der Waals surface area contributed by atoms with Crippen molar-refractivity contribution < 1.29 is 4.79 Å². The Morgan fingerprint density at radius 3 is 2.74 bits per heavy atom. The van der Waals surface area contributed by atoms with Crippen LogP contribution in [0.3, 0.4) is 0 Å². The van der Waals surface area contributed by atoms with Crippen LogP contribution in [0.5, 0.6) is 0 Å². The number of hydrogen-bond acceptors (Lipinski definition) is 3. The Balaban J connectivity index is 2.15. The van der Waals surface area contributed by atoms with Crippen LogP contribution in [0.15, 0.2) is 18.2 Å². The molecule has 2 N–H and O–H groups in total. The molecular weight excluding hydrogens is 236 g/mol. The van der Waals surface area contributed by atoms with E-state index in [0.29, 0.717) is 6.04 Å². The first kappa shape index (κ1) is 14.1. The number of nitrogens with one attached hydrogen (secondary N) is 2. The number of carbonyl (C=O) groups excluding carboxylic acids is 1. The van der Waals surface area contributed by atoms with Crippen LogP contribution in [0.1, 0.15) is 50.5 Å². The Labute approximate surface area is 115 Å². The third-order valence-electron chi connectivity index (χ3n) is 3.36. The predicted octanol–water partition coefficient (Wildman–Crippen LogP) is 3.00. The number of benzene rings is 1. The van der Waals surface area contributed by atoms with Crippen LogP contribution in [0.4, 0.5) is 5.69 Å². The minimum atomic E-state index is -0.162. The van der Waals surface area contributed by atoms with Crippen LogP contribution in [-0.4, -0.2) is 23.4 Å². The van der Waals surface area contributed by atoms with Crippen LogP contribution in [0.25, 0.3) is 0 Å². The fourth-order valence-corrected chi connectivity index (χ4v) is 2.67. The van der Waals surface area contributed by atoms with E-state index in [0.717, 1.165) is 12.0 Å². The van der Waals surface area contributed by atoms with E-state index in [1.807, 2.05) is 25.1 Å². The van der Waals surface area contributed by atoms with Gasteiger partial charge in [-0.15, -0.1) is 0 Å². The molecule has 2 unspecified atom stereocenters. The number of fused-ring (bicyclic) bond motifs is 1. The van der Waals surface area contributed by atoms with Crippen LogP contribution < -0.4 is 10.6 Å². The maximum Gasteiger partial charge on any atom is 0.179 e. The largest absolute Gasteiger partial charge is 0.382 e. The van der Waals surface area contributed by atoms with Gasteiger partial charge in [-0.3, -0.25) is 4.79 Å². The smallest absolute Gasteiger partial charge is 0.179 e. The third kappa shape index (κ3) is 3.35. The third-order valence-corrected chi connectivity index (χ3v) is 3.36. The highest BCUT2D eigenvalue weighted by Gasteiger charge is 2.23. The first-order valence-corrected chi connectivity index (χ1v) is 6.97. The van der Waals surface area contributed by atoms with Gasteiger partial charge in [0.1, 0.15) is 0 Å². The molecule has 1 aromatic rings. The van der Waals surface area contributed by atoms with E-state index >= 15 is 0 Å². The van der Waals surface area contributed by atoms with E-state index in [1.165, 1.54) is 11.3 Å². The number of ketones is 1. The lowest BCUT2D eigenvalue weighted by Crippen LogP contribution is -2.46. The molecular formula is C16H24N2O. The van der Waals surface area contributed by atoms with E-state index in [2.05, 4.69) is 38.3 Å². The molecule has 3 nitrogen and oxygen atoms in total. The fourth-order valence-electron chi connectivity index (χ4n) is 2.67. The highest BCUT2D eigenvalue weighted by atomic mass is 16.1. The van der Waals surface area contributed by atoms with E-state index in [-0.39, 0.29) is 17.4 Å². The molecule has 1 aromatic carbocycles. The molecule has 0 aliphatic carbocycles. The lowest BCUT2D eigenvalue weighted by Gasteiger charge is -2.25. The Morgan fingerprint density at radius 1 is 1.42 bits per heavy atom. The fraction of sp³-hybridized carbons (Fsp3) is 0.562. The molecule has 0 amide bonds. The Hall–Kier alpha value is -1.35. The van der Waals surface area contributed by atoms with Gasteiger partial charge in [-0.05, 0) is 64.8 Å². The summed E-state index contributed by atoms with van der Waals surface area (Å²) in [4.78, 5) is 12.4. The SMILES string of the molecule is CC1Cc2cc(C(=O)C(C)NC(C)(C)C)ccc2N1. The van der Waals surface area contributed by atoms with Crippen molar-refractivity contribution in [2.24, 2.45) is 0 Å².